The first-order valence-electron chi connectivity index (χ1n) is 6.06. The highest BCUT2D eigenvalue weighted by Gasteiger charge is 2.08. The third kappa shape index (κ3) is 3.82. The third-order valence-corrected chi connectivity index (χ3v) is 3.53. The highest BCUT2D eigenvalue weighted by Crippen LogP contribution is 2.24. The van der Waals surface area contributed by atoms with Crippen LogP contribution in [0, 0.1) is 0 Å². The van der Waals surface area contributed by atoms with Gasteiger partial charge in [0.1, 0.15) is 5.75 Å². The molecular formula is C15H12BrNO4. The monoisotopic (exact) mass is 349 g/mol. The molecule has 0 aliphatic carbocycles. The molecule has 0 atom stereocenters. The van der Waals surface area contributed by atoms with E-state index < -0.39 is 5.97 Å². The molecule has 0 saturated carbocycles. The van der Waals surface area contributed by atoms with Gasteiger partial charge in [-0.25, -0.2) is 4.79 Å². The van der Waals surface area contributed by atoms with Gasteiger partial charge in [-0.05, 0) is 51.8 Å². The van der Waals surface area contributed by atoms with Crippen molar-refractivity contribution in [2.45, 2.75) is 6.54 Å². The molecule has 0 bridgehead atoms. The Morgan fingerprint density at radius 3 is 2.24 bits per heavy atom. The zero-order chi connectivity index (χ0) is 15.4. The Hall–Kier alpha value is -2.34. The summed E-state index contributed by atoms with van der Waals surface area (Å²) in [7, 11) is 0. The molecule has 6 heteroatoms. The summed E-state index contributed by atoms with van der Waals surface area (Å²) in [5.74, 6) is -1.32. The van der Waals surface area contributed by atoms with Crippen LogP contribution in [0.3, 0.4) is 0 Å². The Kier molecular flexibility index (Phi) is 4.59. The SMILES string of the molecule is O=C(O)c1ccc(CNC(=O)c2ccc(Br)c(O)c2)cc1. The summed E-state index contributed by atoms with van der Waals surface area (Å²) in [4.78, 5) is 22.7. The number of benzene rings is 2. The van der Waals surface area contributed by atoms with E-state index in [1.807, 2.05) is 0 Å². The Morgan fingerprint density at radius 1 is 1.05 bits per heavy atom. The molecule has 0 saturated heterocycles. The summed E-state index contributed by atoms with van der Waals surface area (Å²) in [6.45, 7) is 0.273. The second-order valence-corrected chi connectivity index (χ2v) is 5.21. The van der Waals surface area contributed by atoms with Gasteiger partial charge in [-0.2, -0.15) is 0 Å². The van der Waals surface area contributed by atoms with Crippen LogP contribution in [0.2, 0.25) is 0 Å². The minimum Gasteiger partial charge on any atom is -0.507 e. The van der Waals surface area contributed by atoms with Crippen molar-refractivity contribution in [1.82, 2.24) is 5.32 Å². The summed E-state index contributed by atoms with van der Waals surface area (Å²) in [5, 5.41) is 21.0. The lowest BCUT2D eigenvalue weighted by Crippen LogP contribution is -2.22. The smallest absolute Gasteiger partial charge is 0.335 e. The number of aromatic carboxylic acids is 1. The quantitative estimate of drug-likeness (QED) is 0.791. The fraction of sp³-hybridized carbons (Fsp3) is 0.0667. The van der Waals surface area contributed by atoms with Crippen LogP contribution in [0.4, 0.5) is 0 Å². The summed E-state index contributed by atoms with van der Waals surface area (Å²) < 4.78 is 0.517. The van der Waals surface area contributed by atoms with Gasteiger partial charge < -0.3 is 15.5 Å². The number of carbonyl (C=O) groups excluding carboxylic acids is 1. The molecule has 0 spiro atoms. The van der Waals surface area contributed by atoms with E-state index in [1.165, 1.54) is 18.2 Å². The number of carboxylic acid groups (broad SMARTS) is 1. The predicted molar refractivity (Wildman–Crippen MR) is 80.4 cm³/mol. The molecule has 0 fully saturated rings. The van der Waals surface area contributed by atoms with E-state index in [-0.39, 0.29) is 23.8 Å². The molecule has 2 aromatic rings. The lowest BCUT2D eigenvalue weighted by molar-refractivity contribution is 0.0696. The number of halogens is 1. The standard InChI is InChI=1S/C15H12BrNO4/c16-12-6-5-11(7-13(12)18)14(19)17-8-9-1-3-10(4-2-9)15(20)21/h1-7,18H,8H2,(H,17,19)(H,20,21). The van der Waals surface area contributed by atoms with Crippen molar-refractivity contribution in [3.63, 3.8) is 0 Å². The van der Waals surface area contributed by atoms with Crippen molar-refractivity contribution in [2.24, 2.45) is 0 Å². The minimum absolute atomic E-state index is 0.00605. The molecule has 0 heterocycles. The lowest BCUT2D eigenvalue weighted by atomic mass is 10.1. The zero-order valence-electron chi connectivity index (χ0n) is 10.8. The number of hydrogen-bond acceptors (Lipinski definition) is 3. The van der Waals surface area contributed by atoms with Gasteiger partial charge in [-0.3, -0.25) is 4.79 Å². The molecule has 0 radical (unpaired) electrons. The largest absolute Gasteiger partial charge is 0.507 e. The van der Waals surface area contributed by atoms with Crippen LogP contribution >= 0.6 is 15.9 Å². The molecule has 1 amide bonds. The van der Waals surface area contributed by atoms with Gasteiger partial charge in [0.05, 0.1) is 10.0 Å². The van der Waals surface area contributed by atoms with E-state index in [0.717, 1.165) is 5.56 Å². The first-order chi connectivity index (χ1) is 9.97. The van der Waals surface area contributed by atoms with Crippen molar-refractivity contribution >= 4 is 27.8 Å². The zero-order valence-corrected chi connectivity index (χ0v) is 12.4. The summed E-state index contributed by atoms with van der Waals surface area (Å²) in [6, 6.07) is 10.8. The Balaban J connectivity index is 2.00. The maximum atomic E-state index is 11.9. The van der Waals surface area contributed by atoms with Crippen molar-refractivity contribution in [3.05, 3.63) is 63.6 Å². The van der Waals surface area contributed by atoms with Crippen molar-refractivity contribution in [3.8, 4) is 5.75 Å². The van der Waals surface area contributed by atoms with Gasteiger partial charge in [-0.1, -0.05) is 12.1 Å². The Bertz CT molecular complexity index is 683. The van der Waals surface area contributed by atoms with Gasteiger partial charge in [0.25, 0.3) is 5.91 Å². The van der Waals surface area contributed by atoms with Crippen LogP contribution in [0.1, 0.15) is 26.3 Å². The van der Waals surface area contributed by atoms with Gasteiger partial charge in [-0.15, -0.1) is 0 Å². The summed E-state index contributed by atoms with van der Waals surface area (Å²) >= 11 is 3.14. The van der Waals surface area contributed by atoms with E-state index in [9.17, 15) is 14.7 Å². The third-order valence-electron chi connectivity index (χ3n) is 2.86. The van der Waals surface area contributed by atoms with Gasteiger partial charge in [0.2, 0.25) is 0 Å². The Labute approximate surface area is 129 Å². The van der Waals surface area contributed by atoms with Crippen LogP contribution in [0.15, 0.2) is 46.9 Å². The summed E-state index contributed by atoms with van der Waals surface area (Å²) in [6.07, 6.45) is 0. The minimum atomic E-state index is -0.990. The molecule has 0 unspecified atom stereocenters. The van der Waals surface area contributed by atoms with E-state index >= 15 is 0 Å². The van der Waals surface area contributed by atoms with Gasteiger partial charge in [0.15, 0.2) is 0 Å². The molecule has 2 rings (SSSR count). The number of phenols is 1. The average Bonchev–Trinajstić information content (AvgIpc) is 2.48. The normalized spacial score (nSPS) is 10.1. The van der Waals surface area contributed by atoms with Crippen LogP contribution in [0.25, 0.3) is 0 Å². The van der Waals surface area contributed by atoms with Crippen molar-refractivity contribution in [2.75, 3.05) is 0 Å². The number of phenolic OH excluding ortho intramolecular Hbond substituents is 1. The Morgan fingerprint density at radius 2 is 1.67 bits per heavy atom. The second kappa shape index (κ2) is 6.41. The fourth-order valence-electron chi connectivity index (χ4n) is 1.70. The van der Waals surface area contributed by atoms with E-state index in [4.69, 9.17) is 5.11 Å². The number of hydrogen-bond donors (Lipinski definition) is 3. The number of rotatable bonds is 4. The van der Waals surface area contributed by atoms with Crippen LogP contribution in [0.5, 0.6) is 5.75 Å². The molecule has 0 aliphatic rings. The number of nitrogens with one attached hydrogen (secondary N) is 1. The topological polar surface area (TPSA) is 86.6 Å². The van der Waals surface area contributed by atoms with Crippen LogP contribution in [-0.4, -0.2) is 22.1 Å². The molecular weight excluding hydrogens is 338 g/mol. The van der Waals surface area contributed by atoms with Crippen LogP contribution in [-0.2, 0) is 6.54 Å². The number of aromatic hydroxyl groups is 1. The first kappa shape index (κ1) is 15.1. The van der Waals surface area contributed by atoms with Crippen molar-refractivity contribution < 1.29 is 19.8 Å². The number of carbonyl (C=O) groups is 2. The molecule has 2 aromatic carbocycles. The van der Waals surface area contributed by atoms with Gasteiger partial charge in [0, 0.05) is 12.1 Å². The molecule has 0 aliphatic heterocycles. The van der Waals surface area contributed by atoms with Crippen molar-refractivity contribution in [1.29, 1.82) is 0 Å². The van der Waals surface area contributed by atoms with Crippen LogP contribution < -0.4 is 5.32 Å². The number of amides is 1. The number of carboxylic acids is 1. The fourth-order valence-corrected chi connectivity index (χ4v) is 1.95. The average molecular weight is 350 g/mol. The maximum Gasteiger partial charge on any atom is 0.335 e. The van der Waals surface area contributed by atoms with Gasteiger partial charge >= 0.3 is 5.97 Å². The molecule has 0 aromatic heterocycles. The molecule has 5 nitrogen and oxygen atoms in total. The molecule has 21 heavy (non-hydrogen) atoms. The highest BCUT2D eigenvalue weighted by atomic mass is 79.9. The van der Waals surface area contributed by atoms with E-state index in [0.29, 0.717) is 10.0 Å². The highest BCUT2D eigenvalue weighted by molar-refractivity contribution is 9.10. The summed E-state index contributed by atoms with van der Waals surface area (Å²) in [5.41, 5.74) is 1.33. The lowest BCUT2D eigenvalue weighted by Gasteiger charge is -2.07. The molecule has 108 valence electrons. The van der Waals surface area contributed by atoms with E-state index in [2.05, 4.69) is 21.2 Å². The predicted octanol–water partition coefficient (Wildman–Crippen LogP) is 2.78. The first-order valence-corrected chi connectivity index (χ1v) is 6.85. The molecule has 3 N–H and O–H groups in total. The second-order valence-electron chi connectivity index (χ2n) is 4.35. The maximum absolute atomic E-state index is 11.9. The van der Waals surface area contributed by atoms with E-state index in [1.54, 1.807) is 24.3 Å².